The number of phenolic OH excluding ortho intramolecular Hbond substituents is 2. The Kier molecular flexibility index (Phi) is 5.83. The van der Waals surface area contributed by atoms with E-state index in [1.54, 1.807) is 12.1 Å². The van der Waals surface area contributed by atoms with Gasteiger partial charge in [-0.1, -0.05) is 29.4 Å². The summed E-state index contributed by atoms with van der Waals surface area (Å²) in [5, 5.41) is 21.9. The fourth-order valence-corrected chi connectivity index (χ4v) is 4.14. The minimum atomic E-state index is -0.580. The van der Waals surface area contributed by atoms with E-state index in [4.69, 9.17) is 9.15 Å². The van der Waals surface area contributed by atoms with Gasteiger partial charge >= 0.3 is 0 Å². The van der Waals surface area contributed by atoms with Gasteiger partial charge < -0.3 is 19.4 Å². The van der Waals surface area contributed by atoms with Crippen LogP contribution in [0.4, 0.5) is 0 Å². The Morgan fingerprint density at radius 3 is 2.58 bits per heavy atom. The Morgan fingerprint density at radius 1 is 1.09 bits per heavy atom. The van der Waals surface area contributed by atoms with Crippen molar-refractivity contribution in [3.05, 3.63) is 68.9 Å². The number of hydrogen-bond acceptors (Lipinski definition) is 5. The monoisotopic (exact) mass is 446 g/mol. The van der Waals surface area contributed by atoms with Gasteiger partial charge in [0.2, 0.25) is 5.43 Å². The van der Waals surface area contributed by atoms with E-state index in [9.17, 15) is 15.0 Å². The predicted molar refractivity (Wildman–Crippen MR) is 133 cm³/mol. The standard InChI is InChI=1S/C28H30O5/c1-16(2)8-6-9-17(3)12-13-19-24(31)22-23(30)18-10-7-11-21(29)26(18)32-27(22)20-14-15-28(4,5)33-25(19)20/h7-8,10-12,14-15,29,31H,6,9,13H2,1-5H3/b17-12+. The van der Waals surface area contributed by atoms with Crippen LogP contribution in [0.25, 0.3) is 28.0 Å². The number of phenols is 2. The number of ether oxygens (including phenoxy) is 1. The number of hydrogen-bond donors (Lipinski definition) is 2. The molecule has 0 fully saturated rings. The molecule has 5 heteroatoms. The molecule has 0 atom stereocenters. The van der Waals surface area contributed by atoms with Crippen LogP contribution in [-0.4, -0.2) is 15.8 Å². The van der Waals surface area contributed by atoms with Gasteiger partial charge in [0, 0.05) is 5.56 Å². The molecular weight excluding hydrogens is 416 g/mol. The second kappa shape index (κ2) is 8.47. The molecule has 3 aromatic rings. The highest BCUT2D eigenvalue weighted by atomic mass is 16.5. The maximum Gasteiger partial charge on any atom is 0.204 e. The van der Waals surface area contributed by atoms with Gasteiger partial charge in [-0.2, -0.15) is 0 Å². The highest BCUT2D eigenvalue weighted by Crippen LogP contribution is 2.45. The molecule has 1 aliphatic heterocycles. The van der Waals surface area contributed by atoms with Gasteiger partial charge in [0.15, 0.2) is 16.9 Å². The second-order valence-electron chi connectivity index (χ2n) is 9.47. The van der Waals surface area contributed by atoms with Crippen molar-refractivity contribution in [2.24, 2.45) is 0 Å². The summed E-state index contributed by atoms with van der Waals surface area (Å²) in [6.45, 7) is 10.1. The average molecular weight is 447 g/mol. The Morgan fingerprint density at radius 2 is 1.85 bits per heavy atom. The second-order valence-corrected chi connectivity index (χ2v) is 9.47. The van der Waals surface area contributed by atoms with Gasteiger partial charge in [-0.05, 0) is 78.2 Å². The van der Waals surface area contributed by atoms with E-state index in [2.05, 4.69) is 32.9 Å². The summed E-state index contributed by atoms with van der Waals surface area (Å²) < 4.78 is 12.3. The van der Waals surface area contributed by atoms with Crippen molar-refractivity contribution < 1.29 is 19.4 Å². The van der Waals surface area contributed by atoms with Crippen LogP contribution < -0.4 is 10.2 Å². The molecule has 1 aromatic heterocycles. The van der Waals surface area contributed by atoms with Crippen LogP contribution in [0.3, 0.4) is 0 Å². The van der Waals surface area contributed by atoms with Crippen molar-refractivity contribution in [2.75, 3.05) is 0 Å². The summed E-state index contributed by atoms with van der Waals surface area (Å²) in [6, 6.07) is 4.64. The fourth-order valence-electron chi connectivity index (χ4n) is 4.14. The van der Waals surface area contributed by atoms with Gasteiger partial charge in [-0.3, -0.25) is 4.79 Å². The lowest BCUT2D eigenvalue weighted by Crippen LogP contribution is -2.28. The van der Waals surface area contributed by atoms with Crippen LogP contribution in [0.5, 0.6) is 17.2 Å². The van der Waals surface area contributed by atoms with Gasteiger partial charge in [-0.25, -0.2) is 0 Å². The molecule has 0 spiro atoms. The zero-order chi connectivity index (χ0) is 23.9. The number of rotatable bonds is 5. The van der Waals surface area contributed by atoms with Crippen molar-refractivity contribution >= 4 is 28.0 Å². The highest BCUT2D eigenvalue weighted by Gasteiger charge is 2.30. The molecule has 0 aliphatic carbocycles. The quantitative estimate of drug-likeness (QED) is 0.334. The minimum Gasteiger partial charge on any atom is -0.507 e. The van der Waals surface area contributed by atoms with Crippen LogP contribution in [0.1, 0.15) is 58.6 Å². The number of fused-ring (bicyclic) bond motifs is 4. The number of benzene rings is 2. The summed E-state index contributed by atoms with van der Waals surface area (Å²) in [6.07, 6.45) is 10.3. The molecule has 0 unspecified atom stereocenters. The van der Waals surface area contributed by atoms with Gasteiger partial charge in [0.1, 0.15) is 22.5 Å². The van der Waals surface area contributed by atoms with Crippen molar-refractivity contribution in [1.82, 2.24) is 0 Å². The van der Waals surface area contributed by atoms with Crippen molar-refractivity contribution in [3.63, 3.8) is 0 Å². The first kappa shape index (κ1) is 22.7. The summed E-state index contributed by atoms with van der Waals surface area (Å²) in [5.74, 6) is 0.237. The molecule has 33 heavy (non-hydrogen) atoms. The van der Waals surface area contributed by atoms with Gasteiger partial charge in [-0.15, -0.1) is 0 Å². The Hall–Kier alpha value is -3.47. The number of allylic oxidation sites excluding steroid dienone is 4. The summed E-state index contributed by atoms with van der Waals surface area (Å²) in [4.78, 5) is 13.4. The van der Waals surface area contributed by atoms with E-state index in [-0.39, 0.29) is 38.9 Å². The molecule has 2 aromatic carbocycles. The van der Waals surface area contributed by atoms with Crippen LogP contribution in [0.2, 0.25) is 0 Å². The lowest BCUT2D eigenvalue weighted by atomic mass is 9.94. The predicted octanol–water partition coefficient (Wildman–Crippen LogP) is 6.78. The van der Waals surface area contributed by atoms with Gasteiger partial charge in [0.05, 0.1) is 10.9 Å². The van der Waals surface area contributed by atoms with E-state index >= 15 is 0 Å². The normalized spacial score (nSPS) is 14.9. The Labute approximate surface area is 193 Å². The first-order chi connectivity index (χ1) is 15.6. The van der Waals surface area contributed by atoms with Crippen LogP contribution >= 0.6 is 0 Å². The van der Waals surface area contributed by atoms with E-state index in [0.29, 0.717) is 23.3 Å². The van der Waals surface area contributed by atoms with Crippen LogP contribution in [0.15, 0.2) is 56.8 Å². The molecule has 1 aliphatic rings. The zero-order valence-corrected chi connectivity index (χ0v) is 19.8. The lowest BCUT2D eigenvalue weighted by Gasteiger charge is -2.30. The number of aromatic hydroxyl groups is 2. The molecule has 2 heterocycles. The third-order valence-electron chi connectivity index (χ3n) is 5.95. The van der Waals surface area contributed by atoms with Gasteiger partial charge in [0.25, 0.3) is 0 Å². The molecule has 0 radical (unpaired) electrons. The van der Waals surface area contributed by atoms with Crippen LogP contribution in [0, 0.1) is 0 Å². The first-order valence-electron chi connectivity index (χ1n) is 11.2. The van der Waals surface area contributed by atoms with E-state index in [1.807, 2.05) is 26.0 Å². The molecule has 0 saturated heterocycles. The third-order valence-corrected chi connectivity index (χ3v) is 5.95. The largest absolute Gasteiger partial charge is 0.507 e. The lowest BCUT2D eigenvalue weighted by molar-refractivity contribution is 0.157. The Bertz CT molecular complexity index is 1400. The molecule has 2 N–H and O–H groups in total. The molecule has 0 saturated carbocycles. The SMILES string of the molecule is CC(C)=CCC/C(C)=C/Cc1c2c(c3oc4c(O)cccc4c(=O)c3c1O)C=CC(C)(C)O2. The molecule has 0 bridgehead atoms. The maximum atomic E-state index is 13.4. The number of para-hydroxylation sites is 1. The molecule has 172 valence electrons. The molecule has 0 amide bonds. The van der Waals surface area contributed by atoms with Crippen molar-refractivity contribution in [3.8, 4) is 17.2 Å². The van der Waals surface area contributed by atoms with E-state index in [0.717, 1.165) is 12.8 Å². The molecule has 4 rings (SSSR count). The average Bonchev–Trinajstić information content (AvgIpc) is 2.73. The van der Waals surface area contributed by atoms with Crippen molar-refractivity contribution in [2.45, 2.75) is 59.5 Å². The topological polar surface area (TPSA) is 79.9 Å². The van der Waals surface area contributed by atoms with Crippen molar-refractivity contribution in [1.29, 1.82) is 0 Å². The fraction of sp³-hybridized carbons (Fsp3) is 0.321. The summed E-state index contributed by atoms with van der Waals surface area (Å²) in [5.41, 5.74) is 2.98. The third kappa shape index (κ3) is 4.28. The maximum absolute atomic E-state index is 13.4. The Balaban J connectivity index is 1.93. The molecule has 5 nitrogen and oxygen atoms in total. The summed E-state index contributed by atoms with van der Waals surface area (Å²) >= 11 is 0. The smallest absolute Gasteiger partial charge is 0.204 e. The minimum absolute atomic E-state index is 0.0950. The molecular formula is C28H30O5. The summed E-state index contributed by atoms with van der Waals surface area (Å²) in [7, 11) is 0. The first-order valence-corrected chi connectivity index (χ1v) is 11.2. The zero-order valence-electron chi connectivity index (χ0n) is 19.8. The van der Waals surface area contributed by atoms with E-state index < -0.39 is 5.60 Å². The highest BCUT2D eigenvalue weighted by molar-refractivity contribution is 6.01. The van der Waals surface area contributed by atoms with E-state index in [1.165, 1.54) is 17.2 Å². The van der Waals surface area contributed by atoms with Crippen LogP contribution in [-0.2, 0) is 6.42 Å².